The monoisotopic (exact) mass is 367 g/mol. The van der Waals surface area contributed by atoms with E-state index in [1.54, 1.807) is 12.1 Å². The maximum absolute atomic E-state index is 12.9. The molecule has 0 aromatic heterocycles. The van der Waals surface area contributed by atoms with Gasteiger partial charge < -0.3 is 4.90 Å². The smallest absolute Gasteiger partial charge is 0.305 e. The Kier molecular flexibility index (Phi) is 4.89. The van der Waals surface area contributed by atoms with Gasteiger partial charge in [0.2, 0.25) is 0 Å². The summed E-state index contributed by atoms with van der Waals surface area (Å²) in [6.45, 7) is 1.19. The lowest BCUT2D eigenvalue weighted by Gasteiger charge is -2.18. The summed E-state index contributed by atoms with van der Waals surface area (Å²) < 4.78 is 38.8. The summed E-state index contributed by atoms with van der Waals surface area (Å²) in [5.41, 5.74) is 0.279. The molecule has 2 aromatic carbocycles. The number of likely N-dealkylation sites (N-methyl/N-ethyl adjacent to an activating group) is 1. The molecule has 6 heteroatoms. The number of halogens is 4. The van der Waals surface area contributed by atoms with Crippen molar-refractivity contribution in [3.8, 4) is 0 Å². The number of carbonyl (C=O) groups excluding carboxylic acids is 1. The van der Waals surface area contributed by atoms with Gasteiger partial charge in [0, 0.05) is 35.5 Å². The first-order valence-corrected chi connectivity index (χ1v) is 8.29. The molecule has 2 atom stereocenters. The van der Waals surface area contributed by atoms with E-state index >= 15 is 0 Å². The molecule has 2 aromatic rings. The molecule has 0 amide bonds. The zero-order valence-electron chi connectivity index (χ0n) is 13.6. The second-order valence-corrected chi connectivity index (χ2v) is 6.86. The number of hydrogen-bond acceptors (Lipinski definition) is 2. The minimum atomic E-state index is -4.46. The van der Waals surface area contributed by atoms with E-state index in [2.05, 4.69) is 0 Å². The van der Waals surface area contributed by atoms with Gasteiger partial charge in [0.15, 0.2) is 5.78 Å². The Morgan fingerprint density at radius 1 is 1.12 bits per heavy atom. The summed E-state index contributed by atoms with van der Waals surface area (Å²) in [6, 6.07) is 11.9. The largest absolute Gasteiger partial charge is 0.416 e. The Morgan fingerprint density at radius 3 is 2.44 bits per heavy atom. The highest BCUT2D eigenvalue weighted by atomic mass is 35.5. The Morgan fingerprint density at radius 2 is 1.80 bits per heavy atom. The lowest BCUT2D eigenvalue weighted by Crippen LogP contribution is -2.23. The molecule has 1 fully saturated rings. The highest BCUT2D eigenvalue weighted by Crippen LogP contribution is 2.36. The van der Waals surface area contributed by atoms with Gasteiger partial charge in [-0.2, -0.15) is 13.2 Å². The van der Waals surface area contributed by atoms with Crippen molar-refractivity contribution in [3.63, 3.8) is 0 Å². The van der Waals surface area contributed by atoms with Gasteiger partial charge in [-0.3, -0.25) is 4.79 Å². The van der Waals surface area contributed by atoms with Gasteiger partial charge in [-0.15, -0.1) is 0 Å². The van der Waals surface area contributed by atoms with Crippen molar-refractivity contribution in [2.45, 2.75) is 12.1 Å². The Bertz CT molecular complexity index is 773. The molecule has 132 valence electrons. The lowest BCUT2D eigenvalue weighted by molar-refractivity contribution is -0.137. The van der Waals surface area contributed by atoms with E-state index in [1.165, 1.54) is 12.1 Å². The standard InChI is InChI=1S/C19H17ClF3NO/c1-24-10-16(12-5-7-15(20)8-6-12)17(11-24)18(25)13-3-2-4-14(9-13)19(21,22)23/h2-9,16-17H,10-11H2,1H3/t16-,17-/m1/s1. The normalized spacial score (nSPS) is 21.5. The first-order chi connectivity index (χ1) is 11.8. The molecule has 1 saturated heterocycles. The predicted molar refractivity (Wildman–Crippen MR) is 91.0 cm³/mol. The quantitative estimate of drug-likeness (QED) is 0.720. The minimum Gasteiger partial charge on any atom is -0.305 e. The molecule has 0 aliphatic carbocycles. The van der Waals surface area contributed by atoms with E-state index < -0.39 is 11.7 Å². The maximum atomic E-state index is 12.9. The van der Waals surface area contributed by atoms with Crippen molar-refractivity contribution in [2.75, 3.05) is 20.1 Å². The van der Waals surface area contributed by atoms with Crippen molar-refractivity contribution >= 4 is 17.4 Å². The number of Topliss-reactive ketones (excluding diaryl/α,β-unsaturated/α-hetero) is 1. The predicted octanol–water partition coefficient (Wildman–Crippen LogP) is 4.89. The number of rotatable bonds is 3. The third-order valence-corrected chi connectivity index (χ3v) is 4.86. The molecule has 1 heterocycles. The lowest BCUT2D eigenvalue weighted by atomic mass is 9.83. The second-order valence-electron chi connectivity index (χ2n) is 6.43. The first kappa shape index (κ1) is 18.0. The summed E-state index contributed by atoms with van der Waals surface area (Å²) in [7, 11) is 1.91. The number of benzene rings is 2. The number of ketones is 1. The Hall–Kier alpha value is -1.85. The average Bonchev–Trinajstić information content (AvgIpc) is 2.96. The molecule has 25 heavy (non-hydrogen) atoms. The van der Waals surface area contributed by atoms with Gasteiger partial charge in [-0.25, -0.2) is 0 Å². The van der Waals surface area contributed by atoms with Crippen molar-refractivity contribution in [2.24, 2.45) is 5.92 Å². The van der Waals surface area contributed by atoms with Crippen molar-refractivity contribution in [1.29, 1.82) is 0 Å². The number of alkyl halides is 3. The first-order valence-electron chi connectivity index (χ1n) is 7.91. The molecule has 0 radical (unpaired) electrons. The number of likely N-dealkylation sites (tertiary alicyclic amines) is 1. The van der Waals surface area contributed by atoms with E-state index in [9.17, 15) is 18.0 Å². The minimum absolute atomic E-state index is 0.0655. The molecular weight excluding hydrogens is 351 g/mol. The summed E-state index contributed by atoms with van der Waals surface area (Å²) in [4.78, 5) is 14.9. The number of carbonyl (C=O) groups is 1. The van der Waals surface area contributed by atoms with Gasteiger partial charge in [0.25, 0.3) is 0 Å². The van der Waals surface area contributed by atoms with E-state index in [0.29, 0.717) is 18.1 Å². The Labute approximate surface area is 149 Å². The Balaban J connectivity index is 1.91. The van der Waals surface area contributed by atoms with E-state index in [4.69, 9.17) is 11.6 Å². The fourth-order valence-corrected chi connectivity index (χ4v) is 3.50. The van der Waals surface area contributed by atoms with Crippen LogP contribution in [0, 0.1) is 5.92 Å². The summed E-state index contributed by atoms with van der Waals surface area (Å²) in [5, 5.41) is 0.607. The SMILES string of the molecule is CN1C[C@H](c2ccc(Cl)cc2)[C@H](C(=O)c2cccc(C(F)(F)F)c2)C1. The second kappa shape index (κ2) is 6.81. The van der Waals surface area contributed by atoms with E-state index in [0.717, 1.165) is 17.7 Å². The molecule has 0 bridgehead atoms. The van der Waals surface area contributed by atoms with Crippen LogP contribution in [0.1, 0.15) is 27.4 Å². The fraction of sp³-hybridized carbons (Fsp3) is 0.316. The topological polar surface area (TPSA) is 20.3 Å². The van der Waals surface area contributed by atoms with Crippen molar-refractivity contribution < 1.29 is 18.0 Å². The van der Waals surface area contributed by atoms with Crippen LogP contribution < -0.4 is 0 Å². The van der Waals surface area contributed by atoms with Crippen LogP contribution in [0.5, 0.6) is 0 Å². The molecular formula is C19H17ClF3NO. The van der Waals surface area contributed by atoms with Crippen LogP contribution in [0.2, 0.25) is 5.02 Å². The number of nitrogens with zero attached hydrogens (tertiary/aromatic N) is 1. The van der Waals surface area contributed by atoms with Crippen LogP contribution in [0.25, 0.3) is 0 Å². The van der Waals surface area contributed by atoms with Gasteiger partial charge in [-0.05, 0) is 36.9 Å². The van der Waals surface area contributed by atoms with Crippen molar-refractivity contribution in [3.05, 3.63) is 70.2 Å². The van der Waals surface area contributed by atoms with Crippen LogP contribution in [-0.4, -0.2) is 30.8 Å². The van der Waals surface area contributed by atoms with Gasteiger partial charge in [0.05, 0.1) is 5.56 Å². The fourth-order valence-electron chi connectivity index (χ4n) is 3.38. The zero-order valence-corrected chi connectivity index (χ0v) is 14.3. The van der Waals surface area contributed by atoms with Gasteiger partial charge in [-0.1, -0.05) is 35.9 Å². The molecule has 3 rings (SSSR count). The zero-order chi connectivity index (χ0) is 18.2. The van der Waals surface area contributed by atoms with E-state index in [1.807, 2.05) is 24.1 Å². The van der Waals surface area contributed by atoms with Gasteiger partial charge >= 0.3 is 6.18 Å². The molecule has 1 aliphatic rings. The molecule has 1 aliphatic heterocycles. The third-order valence-electron chi connectivity index (χ3n) is 4.61. The highest BCUT2D eigenvalue weighted by Gasteiger charge is 2.38. The van der Waals surface area contributed by atoms with Crippen LogP contribution >= 0.6 is 11.6 Å². The van der Waals surface area contributed by atoms with Crippen molar-refractivity contribution in [1.82, 2.24) is 4.90 Å². The third kappa shape index (κ3) is 3.88. The van der Waals surface area contributed by atoms with Crippen LogP contribution in [-0.2, 0) is 6.18 Å². The molecule has 0 spiro atoms. The molecule has 0 saturated carbocycles. The maximum Gasteiger partial charge on any atom is 0.416 e. The van der Waals surface area contributed by atoms with Gasteiger partial charge in [0.1, 0.15) is 0 Å². The average molecular weight is 368 g/mol. The van der Waals surface area contributed by atoms with Crippen LogP contribution in [0.4, 0.5) is 13.2 Å². The highest BCUT2D eigenvalue weighted by molar-refractivity contribution is 6.30. The summed E-state index contributed by atoms with van der Waals surface area (Å²) >= 11 is 5.92. The van der Waals surface area contributed by atoms with Crippen LogP contribution in [0.15, 0.2) is 48.5 Å². The van der Waals surface area contributed by atoms with Crippen LogP contribution in [0.3, 0.4) is 0 Å². The molecule has 2 nitrogen and oxygen atoms in total. The van der Waals surface area contributed by atoms with E-state index in [-0.39, 0.29) is 23.2 Å². The number of hydrogen-bond donors (Lipinski definition) is 0. The summed E-state index contributed by atoms with van der Waals surface area (Å²) in [5.74, 6) is -0.700. The molecule has 0 N–H and O–H groups in total. The summed E-state index contributed by atoms with van der Waals surface area (Å²) in [6.07, 6.45) is -4.46. The molecule has 0 unspecified atom stereocenters.